The molecule has 5 heteroatoms. The molecule has 88 valence electrons. The Hall–Kier alpha value is -0.610. The lowest BCUT2D eigenvalue weighted by molar-refractivity contribution is -0.145. The molecule has 1 fully saturated rings. The number of carbonyl (C=O) groups is 2. The fourth-order valence-electron chi connectivity index (χ4n) is 1.62. The van der Waals surface area contributed by atoms with Crippen LogP contribution in [-0.4, -0.2) is 42.9 Å². The predicted octanol–water partition coefficient (Wildman–Crippen LogP) is 1.03. The number of hydrogen-bond acceptors (Lipinski definition) is 4. The van der Waals surface area contributed by atoms with Crippen molar-refractivity contribution in [1.29, 1.82) is 0 Å². The van der Waals surface area contributed by atoms with E-state index in [9.17, 15) is 9.59 Å². The summed E-state index contributed by atoms with van der Waals surface area (Å²) >= 11 is 0. The molecule has 0 amide bonds. The fraction of sp³-hybridized carbons (Fsp3) is 0.800. The minimum Gasteiger partial charge on any atom is -0.466 e. The molecule has 0 aromatic heterocycles. The molecule has 0 spiro atoms. The van der Waals surface area contributed by atoms with E-state index in [1.165, 1.54) is 0 Å². The van der Waals surface area contributed by atoms with Crippen LogP contribution < -0.4 is 0 Å². The van der Waals surface area contributed by atoms with Crippen LogP contribution in [0, 0.1) is 0 Å². The van der Waals surface area contributed by atoms with E-state index in [-0.39, 0.29) is 24.6 Å². The first-order chi connectivity index (χ1) is 6.72. The topological polar surface area (TPSA) is 46.6 Å². The van der Waals surface area contributed by atoms with Gasteiger partial charge in [0.1, 0.15) is 6.42 Å². The molecule has 1 aliphatic heterocycles. The largest absolute Gasteiger partial charge is 0.466 e. The molecule has 15 heavy (non-hydrogen) atoms. The molecule has 4 nitrogen and oxygen atoms in total. The number of hydrogen-bond donors (Lipinski definition) is 0. The van der Waals surface area contributed by atoms with Crippen molar-refractivity contribution >= 4 is 24.2 Å². The van der Waals surface area contributed by atoms with Gasteiger partial charge in [0, 0.05) is 0 Å². The Bertz CT molecular complexity index is 215. The minimum absolute atomic E-state index is 0. The Morgan fingerprint density at radius 1 is 1.27 bits per heavy atom. The maximum Gasteiger partial charge on any atom is 0.313 e. The van der Waals surface area contributed by atoms with Gasteiger partial charge in [0.25, 0.3) is 0 Å². The molecule has 1 saturated heterocycles. The SMILES string of the molecule is CCOC(=O)CC(=O)CN1CCCC1.Cl. The highest BCUT2D eigenvalue weighted by atomic mass is 35.5. The summed E-state index contributed by atoms with van der Waals surface area (Å²) in [7, 11) is 0. The van der Waals surface area contributed by atoms with Gasteiger partial charge in [0.15, 0.2) is 5.78 Å². The molecule has 0 aromatic rings. The first-order valence-corrected chi connectivity index (χ1v) is 5.12. The lowest BCUT2D eigenvalue weighted by atomic mass is 10.3. The van der Waals surface area contributed by atoms with Crippen LogP contribution in [0.25, 0.3) is 0 Å². The minimum atomic E-state index is -0.406. The molecule has 0 aromatic carbocycles. The molecule has 0 aliphatic carbocycles. The maximum absolute atomic E-state index is 11.3. The van der Waals surface area contributed by atoms with E-state index in [2.05, 4.69) is 4.90 Å². The van der Waals surface area contributed by atoms with Crippen LogP contribution in [0.2, 0.25) is 0 Å². The van der Waals surface area contributed by atoms with Gasteiger partial charge in [-0.3, -0.25) is 14.5 Å². The molecule has 0 bridgehead atoms. The van der Waals surface area contributed by atoms with Gasteiger partial charge in [-0.1, -0.05) is 0 Å². The van der Waals surface area contributed by atoms with Crippen LogP contribution in [-0.2, 0) is 14.3 Å². The molecular weight excluding hydrogens is 218 g/mol. The molecule has 0 N–H and O–H groups in total. The third kappa shape index (κ3) is 5.74. The average molecular weight is 236 g/mol. The lowest BCUT2D eigenvalue weighted by Gasteiger charge is -2.12. The van der Waals surface area contributed by atoms with Crippen molar-refractivity contribution in [3.8, 4) is 0 Å². The van der Waals surface area contributed by atoms with Crippen LogP contribution in [0.4, 0.5) is 0 Å². The summed E-state index contributed by atoms with van der Waals surface area (Å²) < 4.78 is 4.70. The second-order valence-electron chi connectivity index (χ2n) is 3.50. The van der Waals surface area contributed by atoms with Crippen molar-refractivity contribution in [1.82, 2.24) is 4.90 Å². The number of carbonyl (C=O) groups excluding carboxylic acids is 2. The van der Waals surface area contributed by atoms with E-state index < -0.39 is 5.97 Å². The highest BCUT2D eigenvalue weighted by Crippen LogP contribution is 2.07. The first kappa shape index (κ1) is 14.4. The van der Waals surface area contributed by atoms with Crippen molar-refractivity contribution in [2.45, 2.75) is 26.2 Å². The summed E-state index contributed by atoms with van der Waals surface area (Å²) in [4.78, 5) is 24.4. The number of Topliss-reactive ketones (excluding diaryl/α,β-unsaturated/α-hetero) is 1. The van der Waals surface area contributed by atoms with Crippen molar-refractivity contribution in [3.63, 3.8) is 0 Å². The molecule has 0 atom stereocenters. The van der Waals surface area contributed by atoms with E-state index in [4.69, 9.17) is 4.74 Å². The van der Waals surface area contributed by atoms with Crippen molar-refractivity contribution in [2.24, 2.45) is 0 Å². The average Bonchev–Trinajstić information content (AvgIpc) is 2.56. The first-order valence-electron chi connectivity index (χ1n) is 5.12. The zero-order valence-electron chi connectivity index (χ0n) is 9.03. The zero-order chi connectivity index (χ0) is 10.4. The van der Waals surface area contributed by atoms with Gasteiger partial charge in [-0.25, -0.2) is 0 Å². The number of rotatable bonds is 5. The van der Waals surface area contributed by atoms with Crippen molar-refractivity contribution in [3.05, 3.63) is 0 Å². The summed E-state index contributed by atoms with van der Waals surface area (Å²) in [5.74, 6) is -0.443. The molecule has 1 aliphatic rings. The van der Waals surface area contributed by atoms with E-state index >= 15 is 0 Å². The summed E-state index contributed by atoms with van der Waals surface area (Å²) in [5, 5.41) is 0. The van der Waals surface area contributed by atoms with Gasteiger partial charge in [0.2, 0.25) is 0 Å². The number of ketones is 1. The third-order valence-electron chi connectivity index (χ3n) is 2.25. The summed E-state index contributed by atoms with van der Waals surface area (Å²) in [6, 6.07) is 0. The normalized spacial score (nSPS) is 15.8. The Kier molecular flexibility index (Phi) is 7.34. The van der Waals surface area contributed by atoms with Crippen LogP contribution in [0.3, 0.4) is 0 Å². The van der Waals surface area contributed by atoms with Crippen molar-refractivity contribution < 1.29 is 14.3 Å². The number of ether oxygens (including phenoxy) is 1. The van der Waals surface area contributed by atoms with Gasteiger partial charge in [-0.05, 0) is 32.9 Å². The number of likely N-dealkylation sites (tertiary alicyclic amines) is 1. The summed E-state index contributed by atoms with van der Waals surface area (Å²) in [6.45, 7) is 4.45. The zero-order valence-corrected chi connectivity index (χ0v) is 9.85. The molecule has 1 heterocycles. The van der Waals surface area contributed by atoms with Gasteiger partial charge >= 0.3 is 5.97 Å². The van der Waals surface area contributed by atoms with E-state index in [0.717, 1.165) is 25.9 Å². The smallest absolute Gasteiger partial charge is 0.313 e. The van der Waals surface area contributed by atoms with Crippen LogP contribution in [0.5, 0.6) is 0 Å². The predicted molar refractivity (Wildman–Crippen MR) is 59.2 cm³/mol. The third-order valence-corrected chi connectivity index (χ3v) is 2.25. The van der Waals surface area contributed by atoms with Crippen LogP contribution in [0.1, 0.15) is 26.2 Å². The van der Waals surface area contributed by atoms with Gasteiger partial charge in [-0.15, -0.1) is 12.4 Å². The van der Waals surface area contributed by atoms with Gasteiger partial charge < -0.3 is 4.74 Å². The second-order valence-corrected chi connectivity index (χ2v) is 3.50. The monoisotopic (exact) mass is 235 g/mol. The van der Waals surface area contributed by atoms with E-state index in [1.807, 2.05) is 0 Å². The van der Waals surface area contributed by atoms with E-state index in [1.54, 1.807) is 6.92 Å². The van der Waals surface area contributed by atoms with Gasteiger partial charge in [0.05, 0.1) is 13.2 Å². The quantitative estimate of drug-likeness (QED) is 0.528. The molecular formula is C10H18ClNO3. The Morgan fingerprint density at radius 2 is 1.87 bits per heavy atom. The molecule has 1 rings (SSSR count). The van der Waals surface area contributed by atoms with Crippen LogP contribution in [0.15, 0.2) is 0 Å². The number of halogens is 1. The van der Waals surface area contributed by atoms with Gasteiger partial charge in [-0.2, -0.15) is 0 Å². The molecule has 0 saturated carbocycles. The fourth-order valence-corrected chi connectivity index (χ4v) is 1.62. The summed E-state index contributed by atoms with van der Waals surface area (Å²) in [5.41, 5.74) is 0. The Morgan fingerprint density at radius 3 is 2.40 bits per heavy atom. The summed E-state index contributed by atoms with van der Waals surface area (Å²) in [6.07, 6.45) is 2.24. The molecule has 0 radical (unpaired) electrons. The molecule has 0 unspecified atom stereocenters. The highest BCUT2D eigenvalue weighted by Gasteiger charge is 2.17. The second kappa shape index (κ2) is 7.65. The highest BCUT2D eigenvalue weighted by molar-refractivity contribution is 5.96. The Balaban J connectivity index is 0.00000196. The Labute approximate surface area is 96.4 Å². The van der Waals surface area contributed by atoms with Crippen molar-refractivity contribution in [2.75, 3.05) is 26.2 Å². The number of nitrogens with zero attached hydrogens (tertiary/aromatic N) is 1. The number of esters is 1. The maximum atomic E-state index is 11.3. The van der Waals surface area contributed by atoms with Crippen LogP contribution >= 0.6 is 12.4 Å². The van der Waals surface area contributed by atoms with E-state index in [0.29, 0.717) is 13.2 Å². The standard InChI is InChI=1S/C10H17NO3.ClH/c1-2-14-10(13)7-9(12)8-11-5-3-4-6-11;/h2-8H2,1H3;1H. The lowest BCUT2D eigenvalue weighted by Crippen LogP contribution is -2.28.